The molecule has 1 aliphatic carbocycles. The van der Waals surface area contributed by atoms with Crippen LogP contribution < -0.4 is 5.32 Å². The largest absolute Gasteiger partial charge is 0.459 e. The first-order valence-electron chi connectivity index (χ1n) is 8.38. The second-order valence-corrected chi connectivity index (χ2v) is 6.81. The molecular weight excluding hydrogens is 258 g/mol. The molecule has 2 heteroatoms. The molecule has 1 aromatic carbocycles. The second-order valence-electron chi connectivity index (χ2n) is 6.81. The van der Waals surface area contributed by atoms with Crippen LogP contribution in [-0.4, -0.2) is 6.04 Å². The Labute approximate surface area is 127 Å². The third-order valence-corrected chi connectivity index (χ3v) is 4.71. The van der Waals surface area contributed by atoms with Crippen LogP contribution in [0, 0.1) is 0 Å². The van der Waals surface area contributed by atoms with Gasteiger partial charge in [0.15, 0.2) is 0 Å². The van der Waals surface area contributed by atoms with E-state index in [1.807, 2.05) is 0 Å². The number of hydrogen-bond acceptors (Lipinski definition) is 2. The topological polar surface area (TPSA) is 25.2 Å². The fourth-order valence-electron chi connectivity index (χ4n) is 3.02. The molecule has 3 rings (SSSR count). The maximum Gasteiger partial charge on any atom is 0.134 e. The highest BCUT2D eigenvalue weighted by Gasteiger charge is 2.23. The Hall–Kier alpha value is -1.28. The number of nitrogens with one attached hydrogen (secondary N) is 1. The lowest BCUT2D eigenvalue weighted by molar-refractivity contribution is 0.503. The molecule has 0 saturated heterocycles. The van der Waals surface area contributed by atoms with E-state index >= 15 is 0 Å². The van der Waals surface area contributed by atoms with E-state index in [4.69, 9.17) is 4.42 Å². The molecule has 21 heavy (non-hydrogen) atoms. The lowest BCUT2D eigenvalue weighted by Gasteiger charge is -2.10. The molecule has 114 valence electrons. The molecule has 0 radical (unpaired) electrons. The van der Waals surface area contributed by atoms with Gasteiger partial charge in [0.05, 0.1) is 6.54 Å². The monoisotopic (exact) mass is 285 g/mol. The lowest BCUT2D eigenvalue weighted by Crippen LogP contribution is -2.15. The zero-order valence-electron chi connectivity index (χ0n) is 13.7. The number of fused-ring (bicyclic) bond motifs is 1. The quantitative estimate of drug-likeness (QED) is 0.777. The molecule has 0 bridgehead atoms. The van der Waals surface area contributed by atoms with E-state index in [2.05, 4.69) is 51.2 Å². The van der Waals surface area contributed by atoms with Crippen LogP contribution in [0.3, 0.4) is 0 Å². The molecule has 1 atom stereocenters. The summed E-state index contributed by atoms with van der Waals surface area (Å²) in [4.78, 5) is 0. The van der Waals surface area contributed by atoms with E-state index in [1.165, 1.54) is 35.8 Å². The van der Waals surface area contributed by atoms with Gasteiger partial charge in [0.2, 0.25) is 0 Å². The van der Waals surface area contributed by atoms with Gasteiger partial charge in [0, 0.05) is 17.0 Å². The van der Waals surface area contributed by atoms with E-state index in [1.54, 1.807) is 0 Å². The van der Waals surface area contributed by atoms with Gasteiger partial charge in [-0.3, -0.25) is 0 Å². The van der Waals surface area contributed by atoms with Gasteiger partial charge in [-0.25, -0.2) is 0 Å². The Balaban J connectivity index is 2.00. The number of rotatable bonds is 6. The van der Waals surface area contributed by atoms with Crippen molar-refractivity contribution in [2.24, 2.45) is 0 Å². The van der Waals surface area contributed by atoms with Crippen LogP contribution in [-0.2, 0) is 6.54 Å². The zero-order valence-corrected chi connectivity index (χ0v) is 13.7. The smallest absolute Gasteiger partial charge is 0.134 e. The molecule has 1 unspecified atom stereocenters. The minimum atomic E-state index is 0.495. The molecule has 0 amide bonds. The van der Waals surface area contributed by atoms with Crippen molar-refractivity contribution < 1.29 is 4.42 Å². The lowest BCUT2D eigenvalue weighted by atomic mass is 9.93. The van der Waals surface area contributed by atoms with Crippen molar-refractivity contribution in [3.8, 4) is 0 Å². The molecule has 1 heterocycles. The van der Waals surface area contributed by atoms with Crippen molar-refractivity contribution in [1.29, 1.82) is 0 Å². The van der Waals surface area contributed by atoms with Gasteiger partial charge in [0.1, 0.15) is 11.3 Å². The molecule has 2 nitrogen and oxygen atoms in total. The molecule has 0 aliphatic heterocycles. The minimum absolute atomic E-state index is 0.495. The van der Waals surface area contributed by atoms with Crippen molar-refractivity contribution in [3.63, 3.8) is 0 Å². The molecule has 1 N–H and O–H groups in total. The summed E-state index contributed by atoms with van der Waals surface area (Å²) >= 11 is 0. The summed E-state index contributed by atoms with van der Waals surface area (Å²) in [6, 6.07) is 7.45. The number of benzene rings is 1. The maximum atomic E-state index is 6.14. The number of hydrogen-bond donors (Lipinski definition) is 1. The standard InChI is InChI=1S/C19H27NO/c1-5-13(4)14-6-9-17-16(10-14)19(12(2)3)18(21-17)11-20-15-7-8-15/h6,9-10,12-13,15,20H,5,7-8,11H2,1-4H3. The van der Waals surface area contributed by atoms with Crippen LogP contribution in [0.15, 0.2) is 22.6 Å². The van der Waals surface area contributed by atoms with Crippen LogP contribution in [0.2, 0.25) is 0 Å². The van der Waals surface area contributed by atoms with Gasteiger partial charge < -0.3 is 9.73 Å². The summed E-state index contributed by atoms with van der Waals surface area (Å²) in [5, 5.41) is 4.90. The predicted molar refractivity (Wildman–Crippen MR) is 88.9 cm³/mol. The fourth-order valence-corrected chi connectivity index (χ4v) is 3.02. The molecule has 1 aliphatic rings. The first-order valence-corrected chi connectivity index (χ1v) is 8.38. The van der Waals surface area contributed by atoms with Gasteiger partial charge >= 0.3 is 0 Å². The van der Waals surface area contributed by atoms with E-state index < -0.39 is 0 Å². The fraction of sp³-hybridized carbons (Fsp3) is 0.579. The molecule has 2 aromatic rings. The normalized spacial score (nSPS) is 16.8. The van der Waals surface area contributed by atoms with E-state index in [9.17, 15) is 0 Å². The summed E-state index contributed by atoms with van der Waals surface area (Å²) in [6.45, 7) is 9.94. The highest BCUT2D eigenvalue weighted by atomic mass is 16.3. The average Bonchev–Trinajstić information content (AvgIpc) is 3.22. The Morgan fingerprint density at radius 1 is 1.24 bits per heavy atom. The van der Waals surface area contributed by atoms with Crippen molar-refractivity contribution in [1.82, 2.24) is 5.32 Å². The minimum Gasteiger partial charge on any atom is -0.459 e. The van der Waals surface area contributed by atoms with Crippen LogP contribution in [0.4, 0.5) is 0 Å². The average molecular weight is 285 g/mol. The van der Waals surface area contributed by atoms with E-state index in [0.717, 1.165) is 17.9 Å². The number of furan rings is 1. The van der Waals surface area contributed by atoms with Crippen LogP contribution >= 0.6 is 0 Å². The Kier molecular flexibility index (Phi) is 4.08. The van der Waals surface area contributed by atoms with Gasteiger partial charge in [-0.05, 0) is 48.8 Å². The van der Waals surface area contributed by atoms with Gasteiger partial charge in [-0.1, -0.05) is 33.8 Å². The SMILES string of the molecule is CCC(C)c1ccc2oc(CNC3CC3)c(C(C)C)c2c1. The van der Waals surface area contributed by atoms with Crippen LogP contribution in [0.1, 0.15) is 75.7 Å². The van der Waals surface area contributed by atoms with Crippen molar-refractivity contribution >= 4 is 11.0 Å². The van der Waals surface area contributed by atoms with E-state index in [0.29, 0.717) is 17.9 Å². The first-order chi connectivity index (χ1) is 10.1. The first kappa shape index (κ1) is 14.6. The summed E-state index contributed by atoms with van der Waals surface area (Å²) in [5.74, 6) is 2.24. The highest BCUT2D eigenvalue weighted by molar-refractivity contribution is 5.83. The predicted octanol–water partition coefficient (Wildman–Crippen LogP) is 5.32. The molecule has 1 aromatic heterocycles. The molecular formula is C19H27NO. The van der Waals surface area contributed by atoms with Gasteiger partial charge in [-0.15, -0.1) is 0 Å². The molecule has 0 spiro atoms. The third-order valence-electron chi connectivity index (χ3n) is 4.71. The summed E-state index contributed by atoms with van der Waals surface area (Å²) in [5.41, 5.74) is 3.86. The van der Waals surface area contributed by atoms with Crippen molar-refractivity contribution in [2.45, 2.75) is 71.4 Å². The summed E-state index contributed by atoms with van der Waals surface area (Å²) in [6.07, 6.45) is 3.81. The van der Waals surface area contributed by atoms with Crippen LogP contribution in [0.5, 0.6) is 0 Å². The Morgan fingerprint density at radius 2 is 2.00 bits per heavy atom. The highest BCUT2D eigenvalue weighted by Crippen LogP contribution is 2.34. The molecule has 1 fully saturated rings. The van der Waals surface area contributed by atoms with Gasteiger partial charge in [0.25, 0.3) is 0 Å². The second kappa shape index (κ2) is 5.84. The Morgan fingerprint density at radius 3 is 2.62 bits per heavy atom. The van der Waals surface area contributed by atoms with E-state index in [-0.39, 0.29) is 0 Å². The van der Waals surface area contributed by atoms with Crippen molar-refractivity contribution in [3.05, 3.63) is 35.1 Å². The summed E-state index contributed by atoms with van der Waals surface area (Å²) in [7, 11) is 0. The Bertz CT molecular complexity index is 622. The van der Waals surface area contributed by atoms with Crippen LogP contribution in [0.25, 0.3) is 11.0 Å². The molecule has 1 saturated carbocycles. The van der Waals surface area contributed by atoms with Crippen molar-refractivity contribution in [2.75, 3.05) is 0 Å². The van der Waals surface area contributed by atoms with Gasteiger partial charge in [-0.2, -0.15) is 0 Å². The maximum absolute atomic E-state index is 6.14. The zero-order chi connectivity index (χ0) is 15.0. The third kappa shape index (κ3) is 3.01. The summed E-state index contributed by atoms with van der Waals surface area (Å²) < 4.78 is 6.14.